The van der Waals surface area contributed by atoms with E-state index >= 15 is 0 Å². The molecule has 3 aromatic heterocycles. The zero-order chi connectivity index (χ0) is 22.0. The van der Waals surface area contributed by atoms with Gasteiger partial charge in [0.25, 0.3) is 5.91 Å². The molecule has 1 amide bonds. The third-order valence-electron chi connectivity index (χ3n) is 5.34. The zero-order valence-corrected chi connectivity index (χ0v) is 18.7. The van der Waals surface area contributed by atoms with Gasteiger partial charge in [-0.05, 0) is 44.7 Å². The number of halogens is 1. The highest BCUT2D eigenvalue weighted by molar-refractivity contribution is 7.15. The average molecular weight is 460 g/mol. The van der Waals surface area contributed by atoms with Crippen LogP contribution in [-0.2, 0) is 0 Å². The smallest absolute Gasteiger partial charge is 0.259 e. The number of methoxy groups -OCH3 is 1. The summed E-state index contributed by atoms with van der Waals surface area (Å²) in [4.78, 5) is 21.4. The Morgan fingerprint density at radius 1 is 1.16 bits per heavy atom. The van der Waals surface area contributed by atoms with Crippen molar-refractivity contribution in [2.24, 2.45) is 0 Å². The standard InChI is InChI=1S/C21H22ClN5O3S/c1-11-7-14(15-8-18(22)24-10-17(15)30-2)16(9-23-11)19(29)25-21-27-26-20(31-21)12-3-5-13(28)6-4-12/h7-10,12-13,28H,3-6H2,1-2H3,(H,25,27,29). The number of rotatable bonds is 5. The van der Waals surface area contributed by atoms with E-state index in [-0.39, 0.29) is 17.9 Å². The third kappa shape index (κ3) is 4.84. The van der Waals surface area contributed by atoms with Gasteiger partial charge in [-0.2, -0.15) is 0 Å². The Bertz CT molecular complexity index is 1100. The molecular weight excluding hydrogens is 438 g/mol. The fraction of sp³-hybridized carbons (Fsp3) is 0.381. The van der Waals surface area contributed by atoms with Crippen molar-refractivity contribution in [3.8, 4) is 16.9 Å². The lowest BCUT2D eigenvalue weighted by Gasteiger charge is -2.22. The molecule has 0 radical (unpaired) electrons. The van der Waals surface area contributed by atoms with Crippen molar-refractivity contribution in [2.45, 2.75) is 44.6 Å². The first-order chi connectivity index (χ1) is 14.9. The highest BCUT2D eigenvalue weighted by Crippen LogP contribution is 2.36. The van der Waals surface area contributed by atoms with Crippen LogP contribution in [0.1, 0.15) is 52.7 Å². The van der Waals surface area contributed by atoms with Gasteiger partial charge in [-0.15, -0.1) is 10.2 Å². The van der Waals surface area contributed by atoms with Crippen LogP contribution in [0.2, 0.25) is 5.15 Å². The van der Waals surface area contributed by atoms with Gasteiger partial charge in [0.05, 0.1) is 25.0 Å². The summed E-state index contributed by atoms with van der Waals surface area (Å²) in [5.41, 5.74) is 2.40. The number of aromatic nitrogens is 4. The molecular formula is C21H22ClN5O3S. The van der Waals surface area contributed by atoms with Crippen LogP contribution >= 0.6 is 22.9 Å². The van der Waals surface area contributed by atoms with Crippen LogP contribution in [0.15, 0.2) is 24.5 Å². The summed E-state index contributed by atoms with van der Waals surface area (Å²) >= 11 is 7.46. The Kier molecular flexibility index (Phi) is 6.45. The van der Waals surface area contributed by atoms with Crippen molar-refractivity contribution in [1.82, 2.24) is 20.2 Å². The summed E-state index contributed by atoms with van der Waals surface area (Å²) in [5.74, 6) is 0.423. The van der Waals surface area contributed by atoms with Crippen molar-refractivity contribution < 1.29 is 14.6 Å². The molecule has 1 fully saturated rings. The highest BCUT2D eigenvalue weighted by atomic mass is 35.5. The maximum atomic E-state index is 13.1. The van der Waals surface area contributed by atoms with Gasteiger partial charge in [0.1, 0.15) is 15.9 Å². The van der Waals surface area contributed by atoms with E-state index in [1.165, 1.54) is 30.8 Å². The van der Waals surface area contributed by atoms with Crippen molar-refractivity contribution in [3.05, 3.63) is 45.9 Å². The molecule has 3 aromatic rings. The summed E-state index contributed by atoms with van der Waals surface area (Å²) in [5, 5.41) is 22.5. The lowest BCUT2D eigenvalue weighted by atomic mass is 9.88. The number of nitrogens with one attached hydrogen (secondary N) is 1. The number of anilines is 1. The fourth-order valence-corrected chi connectivity index (χ4v) is 4.76. The van der Waals surface area contributed by atoms with Crippen LogP contribution < -0.4 is 10.1 Å². The predicted octanol–water partition coefficient (Wildman–Crippen LogP) is 4.24. The van der Waals surface area contributed by atoms with Crippen molar-refractivity contribution in [3.63, 3.8) is 0 Å². The van der Waals surface area contributed by atoms with Gasteiger partial charge < -0.3 is 9.84 Å². The lowest BCUT2D eigenvalue weighted by molar-refractivity contribution is 0.102. The topological polar surface area (TPSA) is 110 Å². The van der Waals surface area contributed by atoms with E-state index in [0.717, 1.165) is 36.4 Å². The number of carbonyl (C=O) groups is 1. The molecule has 1 aliphatic carbocycles. The van der Waals surface area contributed by atoms with Crippen LogP contribution in [-0.4, -0.2) is 44.4 Å². The van der Waals surface area contributed by atoms with E-state index in [2.05, 4.69) is 25.5 Å². The second-order valence-electron chi connectivity index (χ2n) is 7.48. The lowest BCUT2D eigenvalue weighted by Crippen LogP contribution is -2.16. The van der Waals surface area contributed by atoms with Gasteiger partial charge in [-0.1, -0.05) is 22.9 Å². The summed E-state index contributed by atoms with van der Waals surface area (Å²) in [7, 11) is 1.54. The quantitative estimate of drug-likeness (QED) is 0.549. The molecule has 0 atom stereocenters. The van der Waals surface area contributed by atoms with E-state index in [9.17, 15) is 9.90 Å². The minimum Gasteiger partial charge on any atom is -0.494 e. The molecule has 0 bridgehead atoms. The van der Waals surface area contributed by atoms with E-state index in [0.29, 0.717) is 32.7 Å². The molecule has 10 heteroatoms. The first-order valence-corrected chi connectivity index (χ1v) is 11.1. The number of aryl methyl sites for hydroxylation is 1. The second-order valence-corrected chi connectivity index (χ2v) is 8.88. The Morgan fingerprint density at radius 2 is 1.94 bits per heavy atom. The number of hydrogen-bond acceptors (Lipinski definition) is 8. The van der Waals surface area contributed by atoms with Crippen molar-refractivity contribution in [2.75, 3.05) is 12.4 Å². The Balaban J connectivity index is 1.60. The number of ether oxygens (including phenoxy) is 1. The molecule has 0 aromatic carbocycles. The summed E-state index contributed by atoms with van der Waals surface area (Å²) in [6.45, 7) is 1.85. The van der Waals surface area contributed by atoms with Gasteiger partial charge in [-0.25, -0.2) is 4.98 Å². The van der Waals surface area contributed by atoms with E-state index in [1.54, 1.807) is 6.07 Å². The van der Waals surface area contributed by atoms with Gasteiger partial charge in [0.2, 0.25) is 5.13 Å². The van der Waals surface area contributed by atoms with Crippen LogP contribution in [0.4, 0.5) is 5.13 Å². The molecule has 0 aliphatic heterocycles. The summed E-state index contributed by atoms with van der Waals surface area (Å²) in [6, 6.07) is 3.47. The zero-order valence-electron chi connectivity index (χ0n) is 17.1. The first kappa shape index (κ1) is 21.6. The average Bonchev–Trinajstić information content (AvgIpc) is 3.22. The van der Waals surface area contributed by atoms with Gasteiger partial charge in [0.15, 0.2) is 0 Å². The van der Waals surface area contributed by atoms with Gasteiger partial charge >= 0.3 is 0 Å². The molecule has 0 unspecified atom stereocenters. The molecule has 162 valence electrons. The fourth-order valence-electron chi connectivity index (χ4n) is 3.69. The molecule has 0 spiro atoms. The number of carbonyl (C=O) groups excluding carboxylic acids is 1. The van der Waals surface area contributed by atoms with Crippen molar-refractivity contribution in [1.29, 1.82) is 0 Å². The maximum Gasteiger partial charge on any atom is 0.259 e. The SMILES string of the molecule is COc1cnc(Cl)cc1-c1cc(C)ncc1C(=O)Nc1nnc(C2CCC(O)CC2)s1. The minimum absolute atomic E-state index is 0.227. The van der Waals surface area contributed by atoms with E-state index < -0.39 is 0 Å². The van der Waals surface area contributed by atoms with Crippen LogP contribution in [0.25, 0.3) is 11.1 Å². The number of aliphatic hydroxyl groups is 1. The van der Waals surface area contributed by atoms with Gasteiger partial charge in [0, 0.05) is 28.9 Å². The Hall–Kier alpha value is -2.62. The van der Waals surface area contributed by atoms with Crippen molar-refractivity contribution >= 4 is 34.0 Å². The summed E-state index contributed by atoms with van der Waals surface area (Å²) in [6.07, 6.45) is 6.10. The Labute approximate surface area is 188 Å². The number of aliphatic hydroxyl groups excluding tert-OH is 1. The second kappa shape index (κ2) is 9.25. The van der Waals surface area contributed by atoms with Gasteiger partial charge in [-0.3, -0.25) is 15.1 Å². The minimum atomic E-state index is -0.348. The number of pyridine rings is 2. The monoisotopic (exact) mass is 459 g/mol. The normalized spacial score (nSPS) is 18.6. The molecule has 0 saturated heterocycles. The molecule has 1 saturated carbocycles. The Morgan fingerprint density at radius 3 is 2.68 bits per heavy atom. The molecule has 1 aliphatic rings. The highest BCUT2D eigenvalue weighted by Gasteiger charge is 2.25. The number of nitrogens with zero attached hydrogens (tertiary/aromatic N) is 4. The number of amides is 1. The van der Waals surface area contributed by atoms with Crippen LogP contribution in [0.3, 0.4) is 0 Å². The molecule has 3 heterocycles. The third-order valence-corrected chi connectivity index (χ3v) is 6.54. The molecule has 8 nitrogen and oxygen atoms in total. The van der Waals surface area contributed by atoms with Crippen LogP contribution in [0, 0.1) is 6.92 Å². The maximum absolute atomic E-state index is 13.1. The first-order valence-electron chi connectivity index (χ1n) is 9.94. The van der Waals surface area contributed by atoms with Crippen LogP contribution in [0.5, 0.6) is 5.75 Å². The molecule has 4 rings (SSSR count). The summed E-state index contributed by atoms with van der Waals surface area (Å²) < 4.78 is 5.41. The predicted molar refractivity (Wildman–Crippen MR) is 119 cm³/mol. The molecule has 31 heavy (non-hydrogen) atoms. The van der Waals surface area contributed by atoms with E-state index in [1.807, 2.05) is 13.0 Å². The molecule has 2 N–H and O–H groups in total. The number of hydrogen-bond donors (Lipinski definition) is 2. The largest absolute Gasteiger partial charge is 0.494 e. The van der Waals surface area contributed by atoms with E-state index in [4.69, 9.17) is 16.3 Å².